The molecule has 0 fully saturated rings. The van der Waals surface area contributed by atoms with Gasteiger partial charge in [-0.15, -0.1) is 11.8 Å². The third-order valence-corrected chi connectivity index (χ3v) is 3.67. The highest BCUT2D eigenvalue weighted by Crippen LogP contribution is 2.22. The fourth-order valence-electron chi connectivity index (χ4n) is 1.97. The minimum absolute atomic E-state index is 0.995. The molecule has 0 aliphatic rings. The number of pyridine rings is 1. The Kier molecular flexibility index (Phi) is 3.07. The van der Waals surface area contributed by atoms with Crippen molar-refractivity contribution in [3.8, 4) is 11.3 Å². The highest BCUT2D eigenvalue weighted by atomic mass is 32.2. The van der Waals surface area contributed by atoms with Gasteiger partial charge < -0.3 is 4.40 Å². The lowest BCUT2D eigenvalue weighted by molar-refractivity contribution is 1.13. The first kappa shape index (κ1) is 11.4. The predicted octanol–water partition coefficient (Wildman–Crippen LogP) is 4.11. The summed E-state index contributed by atoms with van der Waals surface area (Å²) in [7, 11) is 0. The van der Waals surface area contributed by atoms with Crippen molar-refractivity contribution in [3.05, 3.63) is 54.9 Å². The summed E-state index contributed by atoms with van der Waals surface area (Å²) in [6.07, 6.45) is 4.23. The fraction of sp³-hybridized carbons (Fsp3) is 0.133. The summed E-state index contributed by atoms with van der Waals surface area (Å²) >= 11 is 1.85. The molecule has 0 aliphatic carbocycles. The van der Waals surface area contributed by atoms with Gasteiger partial charge in [0.25, 0.3) is 0 Å². The minimum Gasteiger partial charge on any atom is -0.305 e. The molecule has 0 amide bonds. The monoisotopic (exact) mass is 254 g/mol. The molecule has 3 heteroatoms. The molecule has 0 saturated heterocycles. The van der Waals surface area contributed by atoms with Gasteiger partial charge in [-0.1, -0.05) is 37.3 Å². The Morgan fingerprint density at radius 1 is 1.06 bits per heavy atom. The molecule has 0 N–H and O–H groups in total. The van der Waals surface area contributed by atoms with Crippen molar-refractivity contribution in [2.24, 2.45) is 0 Å². The van der Waals surface area contributed by atoms with Crippen LogP contribution in [0.5, 0.6) is 0 Å². The summed E-state index contributed by atoms with van der Waals surface area (Å²) in [6, 6.07) is 14.5. The molecule has 2 heterocycles. The molecular weight excluding hydrogens is 240 g/mol. The normalized spacial score (nSPS) is 10.9. The number of benzene rings is 1. The van der Waals surface area contributed by atoms with Crippen molar-refractivity contribution >= 4 is 17.4 Å². The van der Waals surface area contributed by atoms with Crippen LogP contribution in [-0.4, -0.2) is 15.1 Å². The first-order chi connectivity index (χ1) is 8.86. The van der Waals surface area contributed by atoms with E-state index in [4.69, 9.17) is 0 Å². The zero-order valence-corrected chi connectivity index (χ0v) is 11.0. The van der Waals surface area contributed by atoms with Crippen molar-refractivity contribution in [1.82, 2.24) is 9.38 Å². The lowest BCUT2D eigenvalue weighted by atomic mass is 10.2. The Bertz CT molecular complexity index is 659. The number of rotatable bonds is 3. The molecule has 18 heavy (non-hydrogen) atoms. The van der Waals surface area contributed by atoms with Crippen LogP contribution in [0.15, 0.2) is 59.8 Å². The van der Waals surface area contributed by atoms with E-state index in [0.717, 1.165) is 22.7 Å². The fourth-order valence-corrected chi connectivity index (χ4v) is 2.66. The average Bonchev–Trinajstić information content (AvgIpc) is 2.83. The molecule has 2 aromatic heterocycles. The van der Waals surface area contributed by atoms with Crippen LogP contribution in [-0.2, 0) is 0 Å². The molecule has 3 rings (SSSR count). The number of hydrogen-bond acceptors (Lipinski definition) is 2. The van der Waals surface area contributed by atoms with Gasteiger partial charge in [-0.2, -0.15) is 0 Å². The van der Waals surface area contributed by atoms with Crippen molar-refractivity contribution in [2.75, 3.05) is 5.75 Å². The van der Waals surface area contributed by atoms with E-state index in [0.29, 0.717) is 0 Å². The van der Waals surface area contributed by atoms with Gasteiger partial charge in [0.2, 0.25) is 0 Å². The predicted molar refractivity (Wildman–Crippen MR) is 77.0 cm³/mol. The highest BCUT2D eigenvalue weighted by Gasteiger charge is 2.04. The number of fused-ring (bicyclic) bond motifs is 1. The standard InChI is InChI=1S/C15H14N2S/c1-2-18-13-8-9-15-16-14(11-17(15)10-13)12-6-4-3-5-7-12/h3-11H,2H2,1H3. The summed E-state index contributed by atoms with van der Waals surface area (Å²) < 4.78 is 2.10. The van der Waals surface area contributed by atoms with Crippen LogP contribution in [0.1, 0.15) is 6.92 Å². The third-order valence-electron chi connectivity index (χ3n) is 2.80. The van der Waals surface area contributed by atoms with E-state index < -0.39 is 0 Å². The molecule has 0 saturated carbocycles. The lowest BCUT2D eigenvalue weighted by Gasteiger charge is -1.98. The average molecular weight is 254 g/mol. The number of thioether (sulfide) groups is 1. The molecule has 0 unspecified atom stereocenters. The Balaban J connectivity index is 2.06. The van der Waals surface area contributed by atoms with E-state index in [2.05, 4.69) is 53.0 Å². The molecular formula is C15H14N2S. The van der Waals surface area contributed by atoms with Crippen molar-refractivity contribution < 1.29 is 0 Å². The van der Waals surface area contributed by atoms with Crippen LogP contribution in [0.3, 0.4) is 0 Å². The first-order valence-corrected chi connectivity index (χ1v) is 7.02. The summed E-state index contributed by atoms with van der Waals surface area (Å²) in [5.41, 5.74) is 3.18. The third kappa shape index (κ3) is 2.14. The zero-order valence-electron chi connectivity index (χ0n) is 10.2. The van der Waals surface area contributed by atoms with Crippen LogP contribution in [0.4, 0.5) is 0 Å². The molecule has 1 aromatic carbocycles. The smallest absolute Gasteiger partial charge is 0.137 e. The van der Waals surface area contributed by atoms with Crippen LogP contribution >= 0.6 is 11.8 Å². The van der Waals surface area contributed by atoms with Crippen LogP contribution in [0.25, 0.3) is 16.9 Å². The Morgan fingerprint density at radius 2 is 1.89 bits per heavy atom. The van der Waals surface area contributed by atoms with Gasteiger partial charge in [-0.25, -0.2) is 4.98 Å². The molecule has 90 valence electrons. The molecule has 0 bridgehead atoms. The molecule has 3 aromatic rings. The largest absolute Gasteiger partial charge is 0.305 e. The summed E-state index contributed by atoms with van der Waals surface area (Å²) in [6.45, 7) is 2.16. The van der Waals surface area contributed by atoms with Crippen LogP contribution < -0.4 is 0 Å². The van der Waals surface area contributed by atoms with E-state index in [9.17, 15) is 0 Å². The molecule has 2 nitrogen and oxygen atoms in total. The van der Waals surface area contributed by atoms with Gasteiger partial charge in [0.15, 0.2) is 0 Å². The van der Waals surface area contributed by atoms with E-state index >= 15 is 0 Å². The molecule has 0 radical (unpaired) electrons. The van der Waals surface area contributed by atoms with E-state index in [1.54, 1.807) is 0 Å². The minimum atomic E-state index is 0.995. The second kappa shape index (κ2) is 4.86. The maximum absolute atomic E-state index is 4.64. The number of hydrogen-bond donors (Lipinski definition) is 0. The summed E-state index contributed by atoms with van der Waals surface area (Å²) in [5, 5.41) is 0. The number of nitrogens with zero attached hydrogens (tertiary/aromatic N) is 2. The SMILES string of the molecule is CCSc1ccc2nc(-c3ccccc3)cn2c1. The second-order valence-electron chi connectivity index (χ2n) is 4.06. The van der Waals surface area contributed by atoms with Gasteiger partial charge in [0.05, 0.1) is 5.69 Å². The Hall–Kier alpha value is -1.74. The highest BCUT2D eigenvalue weighted by molar-refractivity contribution is 7.99. The zero-order chi connectivity index (χ0) is 12.4. The van der Waals surface area contributed by atoms with Gasteiger partial charge in [-0.05, 0) is 17.9 Å². The van der Waals surface area contributed by atoms with E-state index in [1.807, 2.05) is 30.0 Å². The van der Waals surface area contributed by atoms with Gasteiger partial charge >= 0.3 is 0 Å². The quantitative estimate of drug-likeness (QED) is 0.654. The summed E-state index contributed by atoms with van der Waals surface area (Å²) in [5.74, 6) is 1.09. The lowest BCUT2D eigenvalue weighted by Crippen LogP contribution is -1.83. The second-order valence-corrected chi connectivity index (χ2v) is 5.39. The van der Waals surface area contributed by atoms with Crippen molar-refractivity contribution in [2.45, 2.75) is 11.8 Å². The van der Waals surface area contributed by atoms with Crippen molar-refractivity contribution in [1.29, 1.82) is 0 Å². The van der Waals surface area contributed by atoms with E-state index in [-0.39, 0.29) is 0 Å². The van der Waals surface area contributed by atoms with Crippen molar-refractivity contribution in [3.63, 3.8) is 0 Å². The van der Waals surface area contributed by atoms with Crippen LogP contribution in [0, 0.1) is 0 Å². The summed E-state index contributed by atoms with van der Waals surface area (Å²) in [4.78, 5) is 5.92. The molecule has 0 atom stereocenters. The molecule has 0 aliphatic heterocycles. The number of aromatic nitrogens is 2. The van der Waals surface area contributed by atoms with Gasteiger partial charge in [0.1, 0.15) is 5.65 Å². The Labute approximate surface area is 111 Å². The topological polar surface area (TPSA) is 17.3 Å². The van der Waals surface area contributed by atoms with E-state index in [1.165, 1.54) is 4.90 Å². The number of imidazole rings is 1. The molecule has 0 spiro atoms. The van der Waals surface area contributed by atoms with Crippen LogP contribution in [0.2, 0.25) is 0 Å². The van der Waals surface area contributed by atoms with Gasteiger partial charge in [0, 0.05) is 22.9 Å². The maximum atomic E-state index is 4.64. The Morgan fingerprint density at radius 3 is 2.67 bits per heavy atom. The first-order valence-electron chi connectivity index (χ1n) is 6.04. The maximum Gasteiger partial charge on any atom is 0.137 e. The van der Waals surface area contributed by atoms with Gasteiger partial charge in [-0.3, -0.25) is 0 Å².